The Balaban J connectivity index is 1.92. The minimum Gasteiger partial charge on any atom is -0.497 e. The van der Waals surface area contributed by atoms with Crippen molar-refractivity contribution in [2.24, 2.45) is 0 Å². The van der Waals surface area contributed by atoms with Gasteiger partial charge in [0.15, 0.2) is 11.7 Å². The lowest BCUT2D eigenvalue weighted by Crippen LogP contribution is -2.50. The highest BCUT2D eigenvalue weighted by atomic mass is 16.5. The van der Waals surface area contributed by atoms with Crippen molar-refractivity contribution in [2.45, 2.75) is 32.2 Å². The first-order valence-corrected chi connectivity index (χ1v) is 7.84. The molecule has 0 saturated carbocycles. The molecule has 1 aromatic heterocycles. The van der Waals surface area contributed by atoms with E-state index in [2.05, 4.69) is 15.0 Å². The average Bonchev–Trinajstić information content (AvgIpc) is 3.08. The van der Waals surface area contributed by atoms with Gasteiger partial charge >= 0.3 is 5.97 Å². The number of hydrogen-bond donors (Lipinski definition) is 1. The van der Waals surface area contributed by atoms with Gasteiger partial charge in [-0.2, -0.15) is 0 Å². The molecule has 0 bridgehead atoms. The van der Waals surface area contributed by atoms with Crippen LogP contribution < -0.4 is 10.1 Å². The standard InChI is InChI=1S/C18H22N2O5/c1-18(2,17(22)24-4)20-15(21)9-10-16-19-11-14(25-16)12-5-7-13(23-3)8-6-12/h5-8,11H,9-10H2,1-4H3,(H,20,21). The lowest BCUT2D eigenvalue weighted by molar-refractivity contribution is -0.149. The molecule has 1 N–H and O–H groups in total. The zero-order valence-corrected chi connectivity index (χ0v) is 14.8. The molecule has 25 heavy (non-hydrogen) atoms. The minimum atomic E-state index is -1.07. The van der Waals surface area contributed by atoms with Crippen LogP contribution in [0.3, 0.4) is 0 Å². The molecule has 0 aliphatic carbocycles. The second-order valence-electron chi connectivity index (χ2n) is 6.01. The van der Waals surface area contributed by atoms with Gasteiger partial charge in [-0.05, 0) is 38.1 Å². The summed E-state index contributed by atoms with van der Waals surface area (Å²) < 4.78 is 15.4. The van der Waals surface area contributed by atoms with Crippen LogP contribution in [0.25, 0.3) is 11.3 Å². The maximum atomic E-state index is 12.0. The van der Waals surface area contributed by atoms with Crippen LogP contribution in [0, 0.1) is 0 Å². The monoisotopic (exact) mass is 346 g/mol. The molecule has 134 valence electrons. The second-order valence-corrected chi connectivity index (χ2v) is 6.01. The number of ether oxygens (including phenoxy) is 2. The first-order chi connectivity index (χ1) is 11.9. The van der Waals surface area contributed by atoms with Gasteiger partial charge in [0.2, 0.25) is 5.91 Å². The number of methoxy groups -OCH3 is 2. The minimum absolute atomic E-state index is 0.156. The molecule has 0 atom stereocenters. The molecule has 2 rings (SSSR count). The van der Waals surface area contributed by atoms with Crippen molar-refractivity contribution < 1.29 is 23.5 Å². The van der Waals surface area contributed by atoms with E-state index >= 15 is 0 Å². The Bertz CT molecular complexity index is 734. The molecule has 0 unspecified atom stereocenters. The van der Waals surface area contributed by atoms with Crippen molar-refractivity contribution in [1.82, 2.24) is 10.3 Å². The summed E-state index contributed by atoms with van der Waals surface area (Å²) >= 11 is 0. The molecule has 7 nitrogen and oxygen atoms in total. The number of nitrogens with one attached hydrogen (secondary N) is 1. The van der Waals surface area contributed by atoms with E-state index in [-0.39, 0.29) is 12.3 Å². The van der Waals surface area contributed by atoms with Crippen LogP contribution in [0.15, 0.2) is 34.9 Å². The molecular weight excluding hydrogens is 324 g/mol. The molecule has 1 heterocycles. The molecule has 1 amide bonds. The maximum Gasteiger partial charge on any atom is 0.330 e. The summed E-state index contributed by atoms with van der Waals surface area (Å²) in [6.07, 6.45) is 2.11. The number of oxazole rings is 1. The van der Waals surface area contributed by atoms with E-state index in [1.54, 1.807) is 27.2 Å². The summed E-state index contributed by atoms with van der Waals surface area (Å²) in [5.74, 6) is 1.05. The molecule has 2 aromatic rings. The lowest BCUT2D eigenvalue weighted by Gasteiger charge is -2.22. The van der Waals surface area contributed by atoms with Gasteiger partial charge in [0.1, 0.15) is 11.3 Å². The van der Waals surface area contributed by atoms with E-state index < -0.39 is 11.5 Å². The van der Waals surface area contributed by atoms with Gasteiger partial charge in [-0.25, -0.2) is 9.78 Å². The molecule has 7 heteroatoms. The highest BCUT2D eigenvalue weighted by Gasteiger charge is 2.30. The molecule has 0 radical (unpaired) electrons. The van der Waals surface area contributed by atoms with Crippen molar-refractivity contribution in [3.8, 4) is 17.1 Å². The number of carbonyl (C=O) groups is 2. The summed E-state index contributed by atoms with van der Waals surface area (Å²) in [6, 6.07) is 7.41. The summed E-state index contributed by atoms with van der Waals surface area (Å²) in [5, 5.41) is 2.63. The highest BCUT2D eigenvalue weighted by Crippen LogP contribution is 2.23. The molecule has 0 aliphatic heterocycles. The van der Waals surface area contributed by atoms with E-state index in [9.17, 15) is 9.59 Å². The number of carbonyl (C=O) groups excluding carboxylic acids is 2. The zero-order chi connectivity index (χ0) is 18.4. The number of nitrogens with zero attached hydrogens (tertiary/aromatic N) is 1. The Hall–Kier alpha value is -2.83. The van der Waals surface area contributed by atoms with Crippen LogP contribution in [-0.2, 0) is 20.7 Å². The fourth-order valence-electron chi connectivity index (χ4n) is 2.25. The molecule has 0 aliphatic rings. The molecular formula is C18H22N2O5. The summed E-state index contributed by atoms with van der Waals surface area (Å²) in [7, 11) is 2.89. The third kappa shape index (κ3) is 4.82. The Kier molecular flexibility index (Phi) is 5.80. The highest BCUT2D eigenvalue weighted by molar-refractivity contribution is 5.87. The Morgan fingerprint density at radius 2 is 1.88 bits per heavy atom. The Labute approximate surface area is 146 Å². The summed E-state index contributed by atoms with van der Waals surface area (Å²) in [4.78, 5) is 27.8. The molecule has 1 aromatic carbocycles. The van der Waals surface area contributed by atoms with Crippen LogP contribution in [0.2, 0.25) is 0 Å². The van der Waals surface area contributed by atoms with Gasteiger partial charge in [0, 0.05) is 18.4 Å². The first-order valence-electron chi connectivity index (χ1n) is 7.84. The number of aryl methyl sites for hydroxylation is 1. The van der Waals surface area contributed by atoms with Crippen LogP contribution in [0.5, 0.6) is 5.75 Å². The predicted octanol–water partition coefficient (Wildman–Crippen LogP) is 2.35. The Morgan fingerprint density at radius 1 is 1.20 bits per heavy atom. The van der Waals surface area contributed by atoms with Gasteiger partial charge in [-0.3, -0.25) is 4.79 Å². The van der Waals surface area contributed by atoms with Gasteiger partial charge in [0.25, 0.3) is 0 Å². The van der Waals surface area contributed by atoms with Crippen molar-refractivity contribution >= 4 is 11.9 Å². The first kappa shape index (κ1) is 18.5. The van der Waals surface area contributed by atoms with Gasteiger partial charge < -0.3 is 19.2 Å². The molecule has 0 saturated heterocycles. The number of amides is 1. The number of esters is 1. The summed E-state index contributed by atoms with van der Waals surface area (Å²) in [6.45, 7) is 3.17. The quantitative estimate of drug-likeness (QED) is 0.774. The third-order valence-electron chi connectivity index (χ3n) is 3.64. The largest absolute Gasteiger partial charge is 0.497 e. The van der Waals surface area contributed by atoms with Gasteiger partial charge in [-0.15, -0.1) is 0 Å². The predicted molar refractivity (Wildman–Crippen MR) is 91.0 cm³/mol. The lowest BCUT2D eigenvalue weighted by atomic mass is 10.1. The number of aromatic nitrogens is 1. The van der Waals surface area contributed by atoms with Gasteiger partial charge in [-0.1, -0.05) is 0 Å². The molecule has 0 fully saturated rings. The number of hydrogen-bond acceptors (Lipinski definition) is 6. The normalized spacial score (nSPS) is 11.0. The van der Waals surface area contributed by atoms with E-state index in [4.69, 9.17) is 9.15 Å². The number of benzene rings is 1. The second kappa shape index (κ2) is 7.83. The van der Waals surface area contributed by atoms with Crippen LogP contribution in [0.1, 0.15) is 26.2 Å². The van der Waals surface area contributed by atoms with Crippen molar-refractivity contribution in [3.05, 3.63) is 36.4 Å². The van der Waals surface area contributed by atoms with E-state index in [1.807, 2.05) is 24.3 Å². The fourth-order valence-corrected chi connectivity index (χ4v) is 2.25. The van der Waals surface area contributed by atoms with Crippen LogP contribution in [0.4, 0.5) is 0 Å². The molecule has 0 spiro atoms. The van der Waals surface area contributed by atoms with E-state index in [1.165, 1.54) is 7.11 Å². The topological polar surface area (TPSA) is 90.7 Å². The Morgan fingerprint density at radius 3 is 2.48 bits per heavy atom. The van der Waals surface area contributed by atoms with Crippen molar-refractivity contribution in [2.75, 3.05) is 14.2 Å². The van der Waals surface area contributed by atoms with Crippen molar-refractivity contribution in [3.63, 3.8) is 0 Å². The van der Waals surface area contributed by atoms with Crippen LogP contribution >= 0.6 is 0 Å². The number of rotatable bonds is 7. The van der Waals surface area contributed by atoms with Crippen molar-refractivity contribution in [1.29, 1.82) is 0 Å². The third-order valence-corrected chi connectivity index (χ3v) is 3.64. The SMILES string of the molecule is COC(=O)C(C)(C)NC(=O)CCc1ncc(-c2ccc(OC)cc2)o1. The fraction of sp³-hybridized carbons (Fsp3) is 0.389. The van der Waals surface area contributed by atoms with E-state index in [0.717, 1.165) is 11.3 Å². The van der Waals surface area contributed by atoms with Gasteiger partial charge in [0.05, 0.1) is 20.4 Å². The smallest absolute Gasteiger partial charge is 0.330 e. The summed E-state index contributed by atoms with van der Waals surface area (Å²) in [5.41, 5.74) is -0.202. The average molecular weight is 346 g/mol. The van der Waals surface area contributed by atoms with E-state index in [0.29, 0.717) is 18.1 Å². The van der Waals surface area contributed by atoms with Crippen LogP contribution in [-0.4, -0.2) is 36.6 Å². The zero-order valence-electron chi connectivity index (χ0n) is 14.8. The maximum absolute atomic E-state index is 12.0.